The zero-order valence-electron chi connectivity index (χ0n) is 13.6. The van der Waals surface area contributed by atoms with E-state index in [1.54, 1.807) is 17.5 Å². The average molecular weight is 374 g/mol. The number of aryl methyl sites for hydroxylation is 1. The molecule has 0 radical (unpaired) electrons. The minimum Gasteiger partial charge on any atom is -0.486 e. The molecular formula is C19H16ClNO3S. The molecule has 0 aliphatic carbocycles. The van der Waals surface area contributed by atoms with Crippen LogP contribution in [0.3, 0.4) is 0 Å². The van der Waals surface area contributed by atoms with Crippen molar-refractivity contribution >= 4 is 28.9 Å². The van der Waals surface area contributed by atoms with Crippen molar-refractivity contribution in [2.45, 2.75) is 20.1 Å². The van der Waals surface area contributed by atoms with Crippen molar-refractivity contribution in [1.82, 2.24) is 4.98 Å². The third kappa shape index (κ3) is 5.05. The second-order valence-corrected chi connectivity index (χ2v) is 6.81. The molecule has 0 saturated heterocycles. The van der Waals surface area contributed by atoms with Crippen LogP contribution in [0.1, 0.15) is 26.6 Å². The van der Waals surface area contributed by atoms with Crippen molar-refractivity contribution in [3.63, 3.8) is 0 Å². The van der Waals surface area contributed by atoms with Crippen molar-refractivity contribution in [2.75, 3.05) is 0 Å². The maximum Gasteiger partial charge on any atom is 0.358 e. The number of benzene rings is 2. The summed E-state index contributed by atoms with van der Waals surface area (Å²) < 4.78 is 10.9. The van der Waals surface area contributed by atoms with Crippen LogP contribution in [-0.4, -0.2) is 11.0 Å². The fourth-order valence-electron chi connectivity index (χ4n) is 2.05. The zero-order valence-corrected chi connectivity index (χ0v) is 15.1. The van der Waals surface area contributed by atoms with Crippen molar-refractivity contribution in [3.05, 3.63) is 80.8 Å². The average Bonchev–Trinajstić information content (AvgIpc) is 3.10. The summed E-state index contributed by atoms with van der Waals surface area (Å²) >= 11 is 7.20. The van der Waals surface area contributed by atoms with E-state index in [2.05, 4.69) is 4.98 Å². The maximum absolute atomic E-state index is 12.1. The van der Waals surface area contributed by atoms with Gasteiger partial charge in [0.05, 0.1) is 0 Å². The molecule has 4 nitrogen and oxygen atoms in total. The van der Waals surface area contributed by atoms with E-state index in [1.807, 2.05) is 43.3 Å². The summed E-state index contributed by atoms with van der Waals surface area (Å²) in [6, 6.07) is 14.9. The van der Waals surface area contributed by atoms with Crippen molar-refractivity contribution in [2.24, 2.45) is 0 Å². The number of hydrogen-bond donors (Lipinski definition) is 0. The number of carbonyl (C=O) groups is 1. The van der Waals surface area contributed by atoms with Crippen LogP contribution in [0.2, 0.25) is 5.02 Å². The lowest BCUT2D eigenvalue weighted by atomic mass is 10.2. The molecule has 1 aromatic heterocycles. The molecule has 128 valence electrons. The highest BCUT2D eigenvalue weighted by atomic mass is 35.5. The largest absolute Gasteiger partial charge is 0.486 e. The van der Waals surface area contributed by atoms with E-state index in [0.29, 0.717) is 17.3 Å². The van der Waals surface area contributed by atoms with Crippen LogP contribution in [0, 0.1) is 6.92 Å². The first-order valence-corrected chi connectivity index (χ1v) is 8.91. The van der Waals surface area contributed by atoms with Gasteiger partial charge in [-0.2, -0.15) is 0 Å². The molecule has 3 rings (SSSR count). The van der Waals surface area contributed by atoms with Gasteiger partial charge in [0, 0.05) is 10.4 Å². The van der Waals surface area contributed by atoms with Crippen LogP contribution >= 0.6 is 22.9 Å². The quantitative estimate of drug-likeness (QED) is 0.568. The molecule has 0 bridgehead atoms. The van der Waals surface area contributed by atoms with E-state index >= 15 is 0 Å². The van der Waals surface area contributed by atoms with E-state index < -0.39 is 5.97 Å². The number of nitrogens with zero attached hydrogens (tertiary/aromatic N) is 1. The summed E-state index contributed by atoms with van der Waals surface area (Å²) in [4.78, 5) is 16.3. The lowest BCUT2D eigenvalue weighted by Gasteiger charge is -2.04. The van der Waals surface area contributed by atoms with Gasteiger partial charge in [0.2, 0.25) is 0 Å². The monoisotopic (exact) mass is 373 g/mol. The fourth-order valence-corrected chi connectivity index (χ4v) is 2.85. The lowest BCUT2D eigenvalue weighted by Crippen LogP contribution is -2.06. The van der Waals surface area contributed by atoms with Gasteiger partial charge in [-0.1, -0.05) is 41.4 Å². The SMILES string of the molecule is Cc1ccc(OCc2nc(C(=O)OCc3ccc(Cl)cc3)cs2)cc1. The van der Waals surface area contributed by atoms with Gasteiger partial charge >= 0.3 is 5.97 Å². The predicted octanol–water partition coefficient (Wildman–Crippen LogP) is 5.04. The lowest BCUT2D eigenvalue weighted by molar-refractivity contribution is 0.0466. The predicted molar refractivity (Wildman–Crippen MR) is 98.2 cm³/mol. The molecule has 0 saturated carbocycles. The molecule has 0 fully saturated rings. The van der Waals surface area contributed by atoms with Crippen LogP contribution in [-0.2, 0) is 18.0 Å². The van der Waals surface area contributed by atoms with E-state index in [1.165, 1.54) is 16.9 Å². The Morgan fingerprint density at radius 3 is 2.52 bits per heavy atom. The number of ether oxygens (including phenoxy) is 2. The molecule has 0 aliphatic rings. The van der Waals surface area contributed by atoms with Gasteiger partial charge in [-0.3, -0.25) is 0 Å². The minimum absolute atomic E-state index is 0.183. The molecule has 0 unspecified atom stereocenters. The number of thiazole rings is 1. The van der Waals surface area contributed by atoms with E-state index in [-0.39, 0.29) is 6.61 Å². The van der Waals surface area contributed by atoms with Crippen molar-refractivity contribution < 1.29 is 14.3 Å². The van der Waals surface area contributed by atoms with Gasteiger partial charge in [-0.25, -0.2) is 9.78 Å². The Morgan fingerprint density at radius 2 is 1.80 bits per heavy atom. The van der Waals surface area contributed by atoms with E-state index in [0.717, 1.165) is 16.3 Å². The first-order chi connectivity index (χ1) is 12.1. The zero-order chi connectivity index (χ0) is 17.6. The van der Waals surface area contributed by atoms with E-state index in [9.17, 15) is 4.79 Å². The highest BCUT2D eigenvalue weighted by Crippen LogP contribution is 2.17. The van der Waals surface area contributed by atoms with Crippen molar-refractivity contribution in [3.8, 4) is 5.75 Å². The summed E-state index contributed by atoms with van der Waals surface area (Å²) in [5, 5.41) is 3.05. The molecule has 2 aromatic carbocycles. The van der Waals surface area contributed by atoms with Gasteiger partial charge in [-0.05, 0) is 36.8 Å². The van der Waals surface area contributed by atoms with Crippen LogP contribution < -0.4 is 4.74 Å². The molecule has 0 amide bonds. The smallest absolute Gasteiger partial charge is 0.358 e. The molecular weight excluding hydrogens is 358 g/mol. The third-order valence-electron chi connectivity index (χ3n) is 3.43. The number of esters is 1. The Morgan fingerprint density at radius 1 is 1.08 bits per heavy atom. The summed E-state index contributed by atoms with van der Waals surface area (Å²) in [5.41, 5.74) is 2.34. The highest BCUT2D eigenvalue weighted by Gasteiger charge is 2.13. The number of halogens is 1. The molecule has 0 aliphatic heterocycles. The Hall–Kier alpha value is -2.37. The van der Waals surface area contributed by atoms with Gasteiger partial charge in [0.15, 0.2) is 5.69 Å². The normalized spacial score (nSPS) is 10.5. The first kappa shape index (κ1) is 17.5. The summed E-state index contributed by atoms with van der Waals surface area (Å²) in [6.07, 6.45) is 0. The molecule has 1 heterocycles. The number of hydrogen-bond acceptors (Lipinski definition) is 5. The Kier molecular flexibility index (Phi) is 5.68. The van der Waals surface area contributed by atoms with Gasteiger partial charge in [0.1, 0.15) is 24.0 Å². The summed E-state index contributed by atoms with van der Waals surface area (Å²) in [6.45, 7) is 2.52. The second-order valence-electron chi connectivity index (χ2n) is 5.43. The van der Waals surface area contributed by atoms with E-state index in [4.69, 9.17) is 21.1 Å². The Bertz CT molecular complexity index is 844. The minimum atomic E-state index is -0.451. The standard InChI is InChI=1S/C19H16ClNO3S/c1-13-2-8-16(9-3-13)23-11-18-21-17(12-25-18)19(22)24-10-14-4-6-15(20)7-5-14/h2-9,12H,10-11H2,1H3. The van der Waals surface area contributed by atoms with Crippen LogP contribution in [0.4, 0.5) is 0 Å². The summed E-state index contributed by atoms with van der Waals surface area (Å²) in [7, 11) is 0. The Balaban J connectivity index is 1.52. The molecule has 6 heteroatoms. The maximum atomic E-state index is 12.1. The number of rotatable bonds is 6. The molecule has 0 spiro atoms. The fraction of sp³-hybridized carbons (Fsp3) is 0.158. The molecule has 0 atom stereocenters. The van der Waals surface area contributed by atoms with Crippen molar-refractivity contribution in [1.29, 1.82) is 0 Å². The Labute approximate surface area is 155 Å². The number of carbonyl (C=O) groups excluding carboxylic acids is 1. The van der Waals surface area contributed by atoms with Gasteiger partial charge < -0.3 is 9.47 Å². The number of aromatic nitrogens is 1. The molecule has 0 N–H and O–H groups in total. The third-order valence-corrected chi connectivity index (χ3v) is 4.50. The molecule has 3 aromatic rings. The highest BCUT2D eigenvalue weighted by molar-refractivity contribution is 7.09. The van der Waals surface area contributed by atoms with Gasteiger partial charge in [0.25, 0.3) is 0 Å². The van der Waals surface area contributed by atoms with Gasteiger partial charge in [-0.15, -0.1) is 11.3 Å². The summed E-state index contributed by atoms with van der Waals surface area (Å²) in [5.74, 6) is 0.320. The molecule has 25 heavy (non-hydrogen) atoms. The van der Waals surface area contributed by atoms with Crippen LogP contribution in [0.15, 0.2) is 53.9 Å². The first-order valence-electron chi connectivity index (χ1n) is 7.65. The van der Waals surface area contributed by atoms with Crippen LogP contribution in [0.5, 0.6) is 5.75 Å². The second kappa shape index (κ2) is 8.14. The van der Waals surface area contributed by atoms with Crippen LogP contribution in [0.25, 0.3) is 0 Å². The topological polar surface area (TPSA) is 48.4 Å².